The Morgan fingerprint density at radius 1 is 0.308 bits per heavy atom. The van der Waals surface area contributed by atoms with E-state index in [1.807, 2.05) is 0 Å². The van der Waals surface area contributed by atoms with Gasteiger partial charge >= 0.3 is 0 Å². The van der Waals surface area contributed by atoms with Crippen molar-refractivity contribution >= 4 is 38.6 Å². The highest BCUT2D eigenvalue weighted by Crippen LogP contribution is 2.58. The summed E-state index contributed by atoms with van der Waals surface area (Å²) in [6.45, 7) is 2.43. The molecule has 1 aliphatic carbocycles. The van der Waals surface area contributed by atoms with Gasteiger partial charge in [0.2, 0.25) is 0 Å². The van der Waals surface area contributed by atoms with Crippen LogP contribution in [0.3, 0.4) is 0 Å². The minimum atomic E-state index is -0.434. The molecule has 12 rings (SSSR count). The Morgan fingerprint density at radius 2 is 0.785 bits per heavy atom. The summed E-state index contributed by atoms with van der Waals surface area (Å²) in [6.07, 6.45) is 0. The molecule has 1 heteroatoms. The number of fused-ring (bicyclic) bond motifs is 6. The summed E-state index contributed by atoms with van der Waals surface area (Å²) in [5.74, 6) is 0. The maximum Gasteiger partial charge on any atom is 0.0512 e. The van der Waals surface area contributed by atoms with E-state index in [4.69, 9.17) is 0 Å². The normalized spacial score (nSPS) is 14.0. The molecule has 0 bridgehead atoms. The topological polar surface area (TPSA) is 3.24 Å². The maximum absolute atomic E-state index is 2.54. The minimum absolute atomic E-state index is 0.434. The first-order valence-electron chi connectivity index (χ1n) is 22.6. The summed E-state index contributed by atoms with van der Waals surface area (Å²) in [5, 5.41) is 4.93. The lowest BCUT2D eigenvalue weighted by Gasteiger charge is -2.35. The highest BCUT2D eigenvalue weighted by Gasteiger charge is 2.43. The van der Waals surface area contributed by atoms with Crippen molar-refractivity contribution in [2.75, 3.05) is 4.90 Å². The zero-order valence-electron chi connectivity index (χ0n) is 36.2. The average molecular weight is 828 g/mol. The first-order chi connectivity index (χ1) is 32.2. The third-order valence-electron chi connectivity index (χ3n) is 13.7. The van der Waals surface area contributed by atoms with E-state index in [-0.39, 0.29) is 0 Å². The first kappa shape index (κ1) is 38.4. The molecule has 0 N–H and O–H groups in total. The van der Waals surface area contributed by atoms with Crippen molar-refractivity contribution in [3.8, 4) is 55.6 Å². The number of anilines is 3. The van der Waals surface area contributed by atoms with E-state index in [9.17, 15) is 0 Å². The van der Waals surface area contributed by atoms with Crippen molar-refractivity contribution in [2.45, 2.75) is 12.3 Å². The van der Waals surface area contributed by atoms with Crippen molar-refractivity contribution in [1.82, 2.24) is 0 Å². The summed E-state index contributed by atoms with van der Waals surface area (Å²) in [4.78, 5) is 2.54. The van der Waals surface area contributed by atoms with Gasteiger partial charge in [0.15, 0.2) is 0 Å². The Hall–Kier alpha value is -8.26. The Bertz CT molecular complexity index is 3530. The number of rotatable bonds is 8. The third-order valence-corrected chi connectivity index (χ3v) is 13.7. The molecule has 0 saturated carbocycles. The zero-order valence-corrected chi connectivity index (χ0v) is 36.2. The number of hydrogen-bond acceptors (Lipinski definition) is 1. The molecule has 1 atom stereocenters. The fourth-order valence-corrected chi connectivity index (χ4v) is 10.8. The standard InChI is InChI=1S/C64H45N/c1-64(48-30-15-6-16-31-48)59-36-20-19-33-54(59)56-35-21-37-60(63(56)64)65(49-38-40-51(44-22-7-2-8-23-44)57(42-49)45-24-9-3-10-25-45)50-39-41-53-52-32-17-18-34-55(52)61(46-26-11-4-12-27-46)62(58(53)43-50)47-28-13-5-14-29-47/h2-43H,1H3. The lowest BCUT2D eigenvalue weighted by atomic mass is 9.73. The van der Waals surface area contributed by atoms with Crippen LogP contribution in [0.2, 0.25) is 0 Å². The van der Waals surface area contributed by atoms with Crippen molar-refractivity contribution in [2.24, 2.45) is 0 Å². The van der Waals surface area contributed by atoms with Crippen LogP contribution in [0.15, 0.2) is 255 Å². The van der Waals surface area contributed by atoms with Gasteiger partial charge in [-0.1, -0.05) is 224 Å². The highest BCUT2D eigenvalue weighted by molar-refractivity contribution is 6.22. The summed E-state index contributed by atoms with van der Waals surface area (Å²) < 4.78 is 0. The molecule has 0 amide bonds. The Morgan fingerprint density at radius 3 is 1.45 bits per heavy atom. The predicted molar refractivity (Wildman–Crippen MR) is 275 cm³/mol. The Labute approximate surface area is 381 Å². The van der Waals surface area contributed by atoms with Gasteiger partial charge < -0.3 is 4.90 Å². The van der Waals surface area contributed by atoms with Crippen molar-refractivity contribution in [3.63, 3.8) is 0 Å². The van der Waals surface area contributed by atoms with Crippen LogP contribution in [0.5, 0.6) is 0 Å². The molecule has 1 unspecified atom stereocenters. The van der Waals surface area contributed by atoms with E-state index in [2.05, 4.69) is 267 Å². The molecule has 11 aromatic carbocycles. The SMILES string of the molecule is CC1(c2ccccc2)c2ccccc2-c2cccc(N(c3ccc(-c4ccccc4)c(-c4ccccc4)c3)c3ccc4c(c3)c(-c3ccccc3)c(-c3ccccc3)c3ccccc34)c21. The number of nitrogens with zero attached hydrogens (tertiary/aromatic N) is 1. The van der Waals surface area contributed by atoms with Crippen LogP contribution in [0.25, 0.3) is 77.2 Å². The molecule has 0 heterocycles. The van der Waals surface area contributed by atoms with E-state index >= 15 is 0 Å². The molecule has 0 aliphatic heterocycles. The van der Waals surface area contributed by atoms with Crippen LogP contribution >= 0.6 is 0 Å². The van der Waals surface area contributed by atoms with Crippen molar-refractivity contribution < 1.29 is 0 Å². The van der Waals surface area contributed by atoms with Gasteiger partial charge in [0.1, 0.15) is 0 Å². The number of benzene rings is 11. The minimum Gasteiger partial charge on any atom is -0.310 e. The van der Waals surface area contributed by atoms with Gasteiger partial charge in [0, 0.05) is 16.8 Å². The average Bonchev–Trinajstić information content (AvgIpc) is 3.66. The summed E-state index contributed by atoms with van der Waals surface area (Å²) in [6, 6.07) is 93.7. The monoisotopic (exact) mass is 827 g/mol. The summed E-state index contributed by atoms with van der Waals surface area (Å²) in [7, 11) is 0. The molecule has 11 aromatic rings. The summed E-state index contributed by atoms with van der Waals surface area (Å²) >= 11 is 0. The molecule has 306 valence electrons. The second-order valence-electron chi connectivity index (χ2n) is 17.3. The van der Waals surface area contributed by atoms with Gasteiger partial charge in [-0.05, 0) is 131 Å². The van der Waals surface area contributed by atoms with E-state index in [0.29, 0.717) is 0 Å². The van der Waals surface area contributed by atoms with Crippen LogP contribution in [0, 0.1) is 0 Å². The highest BCUT2D eigenvalue weighted by atomic mass is 15.1. The Kier molecular flexibility index (Phi) is 9.35. The van der Waals surface area contributed by atoms with Crippen LogP contribution in [-0.4, -0.2) is 0 Å². The molecule has 1 nitrogen and oxygen atoms in total. The molecule has 0 fully saturated rings. The molecular weight excluding hydrogens is 783 g/mol. The lowest BCUT2D eigenvalue weighted by Crippen LogP contribution is -2.25. The van der Waals surface area contributed by atoms with Crippen molar-refractivity contribution in [1.29, 1.82) is 0 Å². The first-order valence-corrected chi connectivity index (χ1v) is 22.6. The van der Waals surface area contributed by atoms with Gasteiger partial charge in [0.25, 0.3) is 0 Å². The van der Waals surface area contributed by atoms with Crippen LogP contribution in [0.4, 0.5) is 17.1 Å². The van der Waals surface area contributed by atoms with E-state index in [0.717, 1.165) is 17.1 Å². The molecule has 0 spiro atoms. The smallest absolute Gasteiger partial charge is 0.0512 e. The summed E-state index contributed by atoms with van der Waals surface area (Å²) in [5.41, 5.74) is 19.0. The van der Waals surface area contributed by atoms with Gasteiger partial charge in [-0.25, -0.2) is 0 Å². The quantitative estimate of drug-likeness (QED) is 0.138. The maximum atomic E-state index is 2.54. The molecule has 0 saturated heterocycles. The van der Waals surface area contributed by atoms with Gasteiger partial charge in [-0.15, -0.1) is 0 Å². The van der Waals surface area contributed by atoms with Gasteiger partial charge in [-0.2, -0.15) is 0 Å². The predicted octanol–water partition coefficient (Wildman–Crippen LogP) is 17.5. The Balaban J connectivity index is 1.20. The number of hydrogen-bond donors (Lipinski definition) is 0. The molecule has 0 radical (unpaired) electrons. The lowest BCUT2D eigenvalue weighted by molar-refractivity contribution is 0.714. The van der Waals surface area contributed by atoms with Crippen LogP contribution in [0.1, 0.15) is 23.6 Å². The van der Waals surface area contributed by atoms with Gasteiger partial charge in [-0.3, -0.25) is 0 Å². The van der Waals surface area contributed by atoms with Gasteiger partial charge in [0.05, 0.1) is 5.69 Å². The molecule has 1 aliphatic rings. The second-order valence-corrected chi connectivity index (χ2v) is 17.3. The van der Waals surface area contributed by atoms with E-state index in [1.165, 1.54) is 93.9 Å². The largest absolute Gasteiger partial charge is 0.310 e. The van der Waals surface area contributed by atoms with Crippen LogP contribution < -0.4 is 4.90 Å². The third kappa shape index (κ3) is 6.31. The van der Waals surface area contributed by atoms with E-state index < -0.39 is 5.41 Å². The molecular formula is C64H45N. The fourth-order valence-electron chi connectivity index (χ4n) is 10.8. The zero-order chi connectivity index (χ0) is 43.3. The molecule has 0 aromatic heterocycles. The molecule has 65 heavy (non-hydrogen) atoms. The van der Waals surface area contributed by atoms with E-state index in [1.54, 1.807) is 0 Å². The second kappa shape index (κ2) is 15.8. The fraction of sp³-hybridized carbons (Fsp3) is 0.0312. The van der Waals surface area contributed by atoms with Crippen LogP contribution in [-0.2, 0) is 5.41 Å². The van der Waals surface area contributed by atoms with Crippen molar-refractivity contribution in [3.05, 3.63) is 271 Å².